The van der Waals surface area contributed by atoms with E-state index in [-0.39, 0.29) is 18.9 Å². The first-order valence-electron chi connectivity index (χ1n) is 4.96. The number of carbonyl (C=O) groups is 2. The third-order valence-corrected chi connectivity index (χ3v) is 3.53. The van der Waals surface area contributed by atoms with Crippen LogP contribution < -0.4 is 0 Å². The van der Waals surface area contributed by atoms with Crippen LogP contribution >= 0.6 is 11.3 Å². The van der Waals surface area contributed by atoms with E-state index in [0.717, 1.165) is 10.4 Å². The summed E-state index contributed by atoms with van der Waals surface area (Å²) in [7, 11) is 1.62. The van der Waals surface area contributed by atoms with Gasteiger partial charge in [0.05, 0.1) is 11.3 Å². The minimum Gasteiger partial charge on any atom is -0.481 e. The monoisotopic (exact) mass is 241 g/mol. The molecule has 0 fully saturated rings. The zero-order chi connectivity index (χ0) is 12.3. The molecular formula is C11H15NO3S. The highest BCUT2D eigenvalue weighted by atomic mass is 32.1. The molecule has 0 saturated carbocycles. The summed E-state index contributed by atoms with van der Waals surface area (Å²) < 4.78 is 0. The number of hydrogen-bond acceptors (Lipinski definition) is 3. The number of carboxylic acid groups (broad SMARTS) is 1. The number of hydrogen-bond donors (Lipinski definition) is 1. The Morgan fingerprint density at radius 2 is 2.06 bits per heavy atom. The second kappa shape index (κ2) is 5.12. The number of aryl methyl sites for hydroxylation is 2. The second-order valence-corrected chi connectivity index (χ2v) is 4.98. The maximum atomic E-state index is 11.9. The molecule has 1 rings (SSSR count). The minimum atomic E-state index is -0.891. The molecule has 1 aromatic heterocycles. The summed E-state index contributed by atoms with van der Waals surface area (Å²) >= 11 is 1.45. The Balaban J connectivity index is 2.66. The zero-order valence-corrected chi connectivity index (χ0v) is 10.4. The smallest absolute Gasteiger partial charge is 0.305 e. The van der Waals surface area contributed by atoms with Crippen LogP contribution in [0.5, 0.6) is 0 Å². The number of rotatable bonds is 4. The fourth-order valence-electron chi connectivity index (χ4n) is 1.23. The predicted molar refractivity (Wildman–Crippen MR) is 63.0 cm³/mol. The van der Waals surface area contributed by atoms with E-state index >= 15 is 0 Å². The molecule has 16 heavy (non-hydrogen) atoms. The van der Waals surface area contributed by atoms with E-state index in [1.807, 2.05) is 19.9 Å². The minimum absolute atomic E-state index is 0.0222. The van der Waals surface area contributed by atoms with E-state index in [1.165, 1.54) is 16.2 Å². The molecule has 0 atom stereocenters. The first-order chi connectivity index (χ1) is 7.41. The molecular weight excluding hydrogens is 226 g/mol. The van der Waals surface area contributed by atoms with Gasteiger partial charge in [-0.3, -0.25) is 9.59 Å². The van der Waals surface area contributed by atoms with Crippen LogP contribution in [0.3, 0.4) is 0 Å². The average Bonchev–Trinajstić information content (AvgIpc) is 2.54. The number of aliphatic carboxylic acids is 1. The molecule has 0 saturated heterocycles. The molecule has 0 bridgehead atoms. The molecule has 0 aliphatic carbocycles. The van der Waals surface area contributed by atoms with E-state index in [1.54, 1.807) is 7.05 Å². The van der Waals surface area contributed by atoms with Gasteiger partial charge in [-0.1, -0.05) is 0 Å². The Bertz CT molecular complexity index is 392. The molecule has 0 unspecified atom stereocenters. The summed E-state index contributed by atoms with van der Waals surface area (Å²) in [6, 6.07) is 1.85. The molecule has 1 heterocycles. The number of amides is 1. The standard InChI is InChI=1S/C11H15NO3S/c1-7-6-9(16-8(7)2)11(15)12(3)5-4-10(13)14/h6H,4-5H2,1-3H3,(H,13,14). The highest BCUT2D eigenvalue weighted by Crippen LogP contribution is 2.21. The van der Waals surface area contributed by atoms with Crippen molar-refractivity contribution in [3.8, 4) is 0 Å². The van der Waals surface area contributed by atoms with Gasteiger partial charge in [0.2, 0.25) is 0 Å². The van der Waals surface area contributed by atoms with Gasteiger partial charge in [-0.25, -0.2) is 0 Å². The van der Waals surface area contributed by atoms with Crippen molar-refractivity contribution in [2.75, 3.05) is 13.6 Å². The van der Waals surface area contributed by atoms with Crippen LogP contribution in [0.2, 0.25) is 0 Å². The van der Waals surface area contributed by atoms with Gasteiger partial charge in [-0.05, 0) is 25.5 Å². The van der Waals surface area contributed by atoms with Crippen molar-refractivity contribution in [1.29, 1.82) is 0 Å². The van der Waals surface area contributed by atoms with E-state index < -0.39 is 5.97 Å². The predicted octanol–water partition coefficient (Wildman–Crippen LogP) is 1.91. The lowest BCUT2D eigenvalue weighted by Gasteiger charge is -2.14. The molecule has 88 valence electrons. The summed E-state index contributed by atoms with van der Waals surface area (Å²) in [5, 5.41) is 8.53. The van der Waals surface area contributed by atoms with E-state index in [9.17, 15) is 9.59 Å². The lowest BCUT2D eigenvalue weighted by molar-refractivity contribution is -0.137. The Kier molecular flexibility index (Phi) is 4.06. The lowest BCUT2D eigenvalue weighted by Crippen LogP contribution is -2.28. The van der Waals surface area contributed by atoms with Crippen LogP contribution in [0.4, 0.5) is 0 Å². The zero-order valence-electron chi connectivity index (χ0n) is 9.61. The molecule has 4 nitrogen and oxygen atoms in total. The Morgan fingerprint density at radius 1 is 1.44 bits per heavy atom. The number of thiophene rings is 1. The first kappa shape index (κ1) is 12.7. The SMILES string of the molecule is Cc1cc(C(=O)N(C)CCC(=O)O)sc1C. The topological polar surface area (TPSA) is 57.6 Å². The largest absolute Gasteiger partial charge is 0.481 e. The Hall–Kier alpha value is -1.36. The van der Waals surface area contributed by atoms with Crippen molar-refractivity contribution in [1.82, 2.24) is 4.90 Å². The second-order valence-electron chi connectivity index (χ2n) is 3.72. The highest BCUT2D eigenvalue weighted by molar-refractivity contribution is 7.14. The number of nitrogens with zero attached hydrogens (tertiary/aromatic N) is 1. The Labute approximate surface area is 98.5 Å². The molecule has 0 aliphatic heterocycles. The average molecular weight is 241 g/mol. The molecule has 1 N–H and O–H groups in total. The van der Waals surface area contributed by atoms with Crippen LogP contribution in [-0.2, 0) is 4.79 Å². The van der Waals surface area contributed by atoms with Crippen molar-refractivity contribution in [2.24, 2.45) is 0 Å². The van der Waals surface area contributed by atoms with Crippen molar-refractivity contribution >= 4 is 23.2 Å². The van der Waals surface area contributed by atoms with Crippen molar-refractivity contribution in [3.63, 3.8) is 0 Å². The maximum Gasteiger partial charge on any atom is 0.305 e. The van der Waals surface area contributed by atoms with E-state index in [0.29, 0.717) is 4.88 Å². The summed E-state index contributed by atoms with van der Waals surface area (Å²) in [6.07, 6.45) is -0.0222. The van der Waals surface area contributed by atoms with Crippen LogP contribution in [0.1, 0.15) is 26.5 Å². The molecule has 0 aliphatic rings. The summed E-state index contributed by atoms with van der Waals surface area (Å²) in [6.45, 7) is 4.16. The maximum absolute atomic E-state index is 11.9. The van der Waals surface area contributed by atoms with Crippen molar-refractivity contribution < 1.29 is 14.7 Å². The van der Waals surface area contributed by atoms with Gasteiger partial charge in [0, 0.05) is 18.5 Å². The van der Waals surface area contributed by atoms with Gasteiger partial charge in [-0.2, -0.15) is 0 Å². The van der Waals surface area contributed by atoms with E-state index in [2.05, 4.69) is 0 Å². The molecule has 0 aromatic carbocycles. The molecule has 5 heteroatoms. The van der Waals surface area contributed by atoms with Crippen LogP contribution in [0.15, 0.2) is 6.07 Å². The first-order valence-corrected chi connectivity index (χ1v) is 5.77. The lowest BCUT2D eigenvalue weighted by atomic mass is 10.2. The van der Waals surface area contributed by atoms with Gasteiger partial charge in [0.15, 0.2) is 0 Å². The van der Waals surface area contributed by atoms with Gasteiger partial charge in [0.25, 0.3) is 5.91 Å². The highest BCUT2D eigenvalue weighted by Gasteiger charge is 2.15. The van der Waals surface area contributed by atoms with Gasteiger partial charge >= 0.3 is 5.97 Å². The third kappa shape index (κ3) is 3.06. The van der Waals surface area contributed by atoms with Crippen LogP contribution in [-0.4, -0.2) is 35.5 Å². The summed E-state index contributed by atoms with van der Waals surface area (Å²) in [5.74, 6) is -0.999. The van der Waals surface area contributed by atoms with Crippen molar-refractivity contribution in [2.45, 2.75) is 20.3 Å². The van der Waals surface area contributed by atoms with Gasteiger partial charge in [0.1, 0.15) is 0 Å². The third-order valence-electron chi connectivity index (χ3n) is 2.38. The molecule has 1 amide bonds. The fourth-order valence-corrected chi connectivity index (χ4v) is 2.26. The van der Waals surface area contributed by atoms with E-state index in [4.69, 9.17) is 5.11 Å². The van der Waals surface area contributed by atoms with Gasteiger partial charge < -0.3 is 10.0 Å². The van der Waals surface area contributed by atoms with Crippen molar-refractivity contribution in [3.05, 3.63) is 21.4 Å². The number of carboxylic acids is 1. The van der Waals surface area contributed by atoms with Crippen LogP contribution in [0, 0.1) is 13.8 Å². The molecule has 0 spiro atoms. The summed E-state index contributed by atoms with van der Waals surface area (Å²) in [5.41, 5.74) is 1.10. The number of carbonyl (C=O) groups excluding carboxylic acids is 1. The van der Waals surface area contributed by atoms with Gasteiger partial charge in [-0.15, -0.1) is 11.3 Å². The summed E-state index contributed by atoms with van der Waals surface area (Å²) in [4.78, 5) is 25.5. The Morgan fingerprint density at radius 3 is 2.50 bits per heavy atom. The van der Waals surface area contributed by atoms with Crippen LogP contribution in [0.25, 0.3) is 0 Å². The quantitative estimate of drug-likeness (QED) is 0.876. The molecule has 1 aromatic rings. The fraction of sp³-hybridized carbons (Fsp3) is 0.455. The molecule has 0 radical (unpaired) electrons. The normalized spacial score (nSPS) is 10.2.